The van der Waals surface area contributed by atoms with Crippen molar-refractivity contribution in [3.05, 3.63) is 63.6 Å². The maximum Gasteiger partial charge on any atom is 0.293 e. The summed E-state index contributed by atoms with van der Waals surface area (Å²) >= 11 is 3.32. The first-order valence-corrected chi connectivity index (χ1v) is 8.51. The van der Waals surface area contributed by atoms with Crippen LogP contribution in [0.4, 0.5) is 0 Å². The minimum atomic E-state index is -0.779. The van der Waals surface area contributed by atoms with E-state index in [-0.39, 0.29) is 11.3 Å². The number of carbonyl (C=O) groups is 2. The molecule has 7 heteroatoms. The van der Waals surface area contributed by atoms with E-state index in [1.54, 1.807) is 42.5 Å². The van der Waals surface area contributed by atoms with Crippen molar-refractivity contribution in [2.45, 2.75) is 6.04 Å². The average Bonchev–Trinajstić information content (AvgIpc) is 2.96. The summed E-state index contributed by atoms with van der Waals surface area (Å²) in [5, 5.41) is 13.3. The first-order valence-electron chi connectivity index (χ1n) is 7.72. The van der Waals surface area contributed by atoms with Gasteiger partial charge in [-0.1, -0.05) is 34.1 Å². The lowest BCUT2D eigenvalue weighted by Crippen LogP contribution is -2.21. The summed E-state index contributed by atoms with van der Waals surface area (Å²) in [6.07, 6.45) is 0. The zero-order valence-electron chi connectivity index (χ0n) is 14.1. The summed E-state index contributed by atoms with van der Waals surface area (Å²) < 4.78 is 11.3. The van der Waals surface area contributed by atoms with Gasteiger partial charge in [0.15, 0.2) is 11.5 Å². The van der Waals surface area contributed by atoms with E-state index in [2.05, 4.69) is 21.2 Å². The number of ether oxygens (including phenoxy) is 2. The monoisotopic (exact) mass is 417 g/mol. The molecule has 1 aliphatic heterocycles. The molecule has 2 aromatic rings. The second-order valence-corrected chi connectivity index (χ2v) is 6.53. The smallest absolute Gasteiger partial charge is 0.293 e. The summed E-state index contributed by atoms with van der Waals surface area (Å²) in [4.78, 5) is 24.3. The number of aliphatic hydroxyl groups excluding tert-OH is 1. The van der Waals surface area contributed by atoms with Gasteiger partial charge >= 0.3 is 0 Å². The van der Waals surface area contributed by atoms with Gasteiger partial charge in [0.25, 0.3) is 11.7 Å². The Kier molecular flexibility index (Phi) is 4.99. The molecule has 0 radical (unpaired) electrons. The molecule has 6 nitrogen and oxygen atoms in total. The van der Waals surface area contributed by atoms with Crippen LogP contribution >= 0.6 is 15.9 Å². The molecule has 0 unspecified atom stereocenters. The van der Waals surface area contributed by atoms with Crippen LogP contribution in [0.5, 0.6) is 11.5 Å². The molecule has 0 spiro atoms. The van der Waals surface area contributed by atoms with Crippen LogP contribution in [0.15, 0.2) is 52.5 Å². The number of hydrogen-bond donors (Lipinski definition) is 2. The number of benzene rings is 2. The molecule has 1 fully saturated rings. The highest BCUT2D eigenvalue weighted by atomic mass is 79.9. The molecule has 0 bridgehead atoms. The van der Waals surface area contributed by atoms with E-state index in [9.17, 15) is 14.7 Å². The summed E-state index contributed by atoms with van der Waals surface area (Å²) in [5.74, 6) is -0.773. The third-order valence-corrected chi connectivity index (χ3v) is 4.66. The van der Waals surface area contributed by atoms with Gasteiger partial charge in [-0.05, 0) is 29.8 Å². The number of hydrogen-bond acceptors (Lipinski definition) is 5. The molecular formula is C19H16BrNO5. The first kappa shape index (κ1) is 18.0. The van der Waals surface area contributed by atoms with Gasteiger partial charge in [0, 0.05) is 10.0 Å². The fraction of sp³-hybridized carbons (Fsp3) is 0.158. The molecule has 1 heterocycles. The SMILES string of the molecule is COc1ccc([C@H]2NC(=O)C(=O)C2=C(O)c2ccc(Br)cc2)cc1OC. The Morgan fingerprint density at radius 2 is 1.69 bits per heavy atom. The van der Waals surface area contributed by atoms with Gasteiger partial charge in [0.05, 0.1) is 25.8 Å². The molecule has 2 N–H and O–H groups in total. The van der Waals surface area contributed by atoms with E-state index < -0.39 is 17.7 Å². The van der Waals surface area contributed by atoms with E-state index in [0.717, 1.165) is 4.47 Å². The van der Waals surface area contributed by atoms with Crippen LogP contribution in [0.25, 0.3) is 5.76 Å². The van der Waals surface area contributed by atoms with Crippen molar-refractivity contribution >= 4 is 33.4 Å². The fourth-order valence-corrected chi connectivity index (χ4v) is 3.08. The van der Waals surface area contributed by atoms with E-state index in [1.165, 1.54) is 14.2 Å². The minimum absolute atomic E-state index is 0.00421. The van der Waals surface area contributed by atoms with Crippen LogP contribution in [0.2, 0.25) is 0 Å². The normalized spacial score (nSPS) is 18.5. The Balaban J connectivity index is 2.11. The van der Waals surface area contributed by atoms with E-state index in [0.29, 0.717) is 22.6 Å². The van der Waals surface area contributed by atoms with Crippen molar-refractivity contribution in [2.24, 2.45) is 0 Å². The van der Waals surface area contributed by atoms with Crippen LogP contribution < -0.4 is 14.8 Å². The second-order valence-electron chi connectivity index (χ2n) is 5.62. The maximum absolute atomic E-state index is 12.4. The predicted molar refractivity (Wildman–Crippen MR) is 99.1 cm³/mol. The fourth-order valence-electron chi connectivity index (χ4n) is 2.81. The second kappa shape index (κ2) is 7.21. The summed E-state index contributed by atoms with van der Waals surface area (Å²) in [6, 6.07) is 11.1. The van der Waals surface area contributed by atoms with Gasteiger partial charge in [0.1, 0.15) is 5.76 Å². The number of ketones is 1. The molecule has 0 aliphatic carbocycles. The number of halogens is 1. The zero-order valence-corrected chi connectivity index (χ0v) is 15.7. The van der Waals surface area contributed by atoms with Crippen molar-refractivity contribution in [3.63, 3.8) is 0 Å². The average molecular weight is 418 g/mol. The predicted octanol–water partition coefficient (Wildman–Crippen LogP) is 3.18. The molecule has 134 valence electrons. The molecule has 26 heavy (non-hydrogen) atoms. The summed E-state index contributed by atoms with van der Waals surface area (Å²) in [5.41, 5.74) is 1.04. The topological polar surface area (TPSA) is 84.9 Å². The molecule has 1 aliphatic rings. The molecule has 2 aromatic carbocycles. The molecule has 0 aromatic heterocycles. The number of amides is 1. The largest absolute Gasteiger partial charge is 0.507 e. The molecular weight excluding hydrogens is 402 g/mol. The van der Waals surface area contributed by atoms with Crippen LogP contribution in [-0.2, 0) is 9.59 Å². The minimum Gasteiger partial charge on any atom is -0.507 e. The van der Waals surface area contributed by atoms with E-state index in [1.807, 2.05) is 0 Å². The lowest BCUT2D eigenvalue weighted by molar-refractivity contribution is -0.133. The number of carbonyl (C=O) groups excluding carboxylic acids is 2. The number of aliphatic hydroxyl groups is 1. The Labute approximate surface area is 158 Å². The van der Waals surface area contributed by atoms with Crippen LogP contribution in [0.1, 0.15) is 17.2 Å². The third-order valence-electron chi connectivity index (χ3n) is 4.13. The van der Waals surface area contributed by atoms with Crippen LogP contribution in [-0.4, -0.2) is 31.0 Å². The summed E-state index contributed by atoms with van der Waals surface area (Å²) in [7, 11) is 3.01. The Morgan fingerprint density at radius 1 is 1.04 bits per heavy atom. The van der Waals surface area contributed by atoms with E-state index in [4.69, 9.17) is 9.47 Å². The van der Waals surface area contributed by atoms with Gasteiger partial charge in [-0.3, -0.25) is 9.59 Å². The van der Waals surface area contributed by atoms with Gasteiger partial charge in [-0.15, -0.1) is 0 Å². The Hall–Kier alpha value is -2.80. The van der Waals surface area contributed by atoms with Crippen molar-refractivity contribution in [1.29, 1.82) is 0 Å². The van der Waals surface area contributed by atoms with Crippen molar-refractivity contribution in [2.75, 3.05) is 14.2 Å². The molecule has 1 saturated heterocycles. The summed E-state index contributed by atoms with van der Waals surface area (Å²) in [6.45, 7) is 0. The van der Waals surface area contributed by atoms with Gasteiger partial charge in [-0.25, -0.2) is 0 Å². The van der Waals surface area contributed by atoms with E-state index >= 15 is 0 Å². The number of methoxy groups -OCH3 is 2. The van der Waals surface area contributed by atoms with Crippen molar-refractivity contribution in [3.8, 4) is 11.5 Å². The van der Waals surface area contributed by atoms with Gasteiger partial charge < -0.3 is 19.9 Å². The van der Waals surface area contributed by atoms with Crippen LogP contribution in [0, 0.1) is 0 Å². The molecule has 1 amide bonds. The van der Waals surface area contributed by atoms with Crippen LogP contribution in [0.3, 0.4) is 0 Å². The lowest BCUT2D eigenvalue weighted by Gasteiger charge is -2.16. The highest BCUT2D eigenvalue weighted by molar-refractivity contribution is 9.10. The molecule has 0 saturated carbocycles. The van der Waals surface area contributed by atoms with Gasteiger partial charge in [-0.2, -0.15) is 0 Å². The molecule has 1 atom stereocenters. The highest BCUT2D eigenvalue weighted by Crippen LogP contribution is 2.37. The van der Waals surface area contributed by atoms with Crippen molar-refractivity contribution in [1.82, 2.24) is 5.32 Å². The Bertz CT molecular complexity index is 905. The standard InChI is InChI=1S/C19H16BrNO5/c1-25-13-8-5-11(9-14(13)26-2)16-15(18(23)19(24)21-16)17(22)10-3-6-12(20)7-4-10/h3-9,16,22H,1-2H3,(H,21,24)/t16-/m1/s1. The number of Topliss-reactive ketones (excluding diaryl/α,β-unsaturated/α-hetero) is 1. The molecule has 3 rings (SSSR count). The lowest BCUT2D eigenvalue weighted by atomic mass is 9.95. The highest BCUT2D eigenvalue weighted by Gasteiger charge is 2.39. The number of rotatable bonds is 4. The maximum atomic E-state index is 12.4. The zero-order chi connectivity index (χ0) is 18.8. The first-order chi connectivity index (χ1) is 12.5. The van der Waals surface area contributed by atoms with Crippen molar-refractivity contribution < 1.29 is 24.2 Å². The third kappa shape index (κ3) is 3.17. The number of nitrogens with one attached hydrogen (secondary N) is 1. The Morgan fingerprint density at radius 3 is 2.31 bits per heavy atom. The van der Waals surface area contributed by atoms with Gasteiger partial charge in [0.2, 0.25) is 0 Å². The quantitative estimate of drug-likeness (QED) is 0.453.